The second-order valence-corrected chi connectivity index (χ2v) is 7.19. The van der Waals surface area contributed by atoms with Crippen molar-refractivity contribution < 1.29 is 8.42 Å². The van der Waals surface area contributed by atoms with E-state index in [4.69, 9.17) is 0 Å². The predicted octanol–water partition coefficient (Wildman–Crippen LogP) is 2.08. The minimum atomic E-state index is -3.13. The monoisotopic (exact) mass is 285 g/mol. The standard InChI is InChI=1S/C9H20BrNO2S/c1-8(2)6-14(12,13)11(5)9(3,4)7-10/h8H,6-7H2,1-5H3. The zero-order valence-corrected chi connectivity index (χ0v) is 11.9. The molecule has 3 nitrogen and oxygen atoms in total. The molecule has 0 radical (unpaired) electrons. The van der Waals surface area contributed by atoms with Crippen LogP contribution in [0.3, 0.4) is 0 Å². The predicted molar refractivity (Wildman–Crippen MR) is 64.3 cm³/mol. The summed E-state index contributed by atoms with van der Waals surface area (Å²) in [5.74, 6) is 0.369. The summed E-state index contributed by atoms with van der Waals surface area (Å²) < 4.78 is 25.2. The first-order chi connectivity index (χ1) is 6.13. The highest BCUT2D eigenvalue weighted by molar-refractivity contribution is 9.09. The highest BCUT2D eigenvalue weighted by Crippen LogP contribution is 2.20. The van der Waals surface area contributed by atoms with Gasteiger partial charge in [-0.2, -0.15) is 4.31 Å². The molecule has 86 valence electrons. The van der Waals surface area contributed by atoms with E-state index in [9.17, 15) is 8.42 Å². The van der Waals surface area contributed by atoms with Gasteiger partial charge in [0, 0.05) is 17.9 Å². The summed E-state index contributed by atoms with van der Waals surface area (Å²) in [4.78, 5) is 0. The van der Waals surface area contributed by atoms with Crippen molar-refractivity contribution in [2.24, 2.45) is 5.92 Å². The lowest BCUT2D eigenvalue weighted by Gasteiger charge is -2.33. The van der Waals surface area contributed by atoms with Crippen molar-refractivity contribution in [3.63, 3.8) is 0 Å². The van der Waals surface area contributed by atoms with Gasteiger partial charge in [0.25, 0.3) is 0 Å². The Balaban J connectivity index is 4.76. The Morgan fingerprint density at radius 1 is 1.36 bits per heavy atom. The van der Waals surface area contributed by atoms with Crippen molar-refractivity contribution >= 4 is 26.0 Å². The number of sulfonamides is 1. The van der Waals surface area contributed by atoms with Crippen molar-refractivity contribution in [3.05, 3.63) is 0 Å². The fourth-order valence-electron chi connectivity index (χ4n) is 0.994. The Morgan fingerprint density at radius 3 is 2.07 bits per heavy atom. The summed E-state index contributed by atoms with van der Waals surface area (Å²) in [5, 5.41) is 0.633. The van der Waals surface area contributed by atoms with E-state index in [1.165, 1.54) is 4.31 Å². The van der Waals surface area contributed by atoms with Gasteiger partial charge in [-0.3, -0.25) is 0 Å². The van der Waals surface area contributed by atoms with Gasteiger partial charge in [-0.15, -0.1) is 0 Å². The molecule has 0 atom stereocenters. The van der Waals surface area contributed by atoms with E-state index in [-0.39, 0.29) is 17.2 Å². The summed E-state index contributed by atoms with van der Waals surface area (Å²) in [7, 11) is -1.49. The molecular formula is C9H20BrNO2S. The smallest absolute Gasteiger partial charge is 0.212 e. The summed E-state index contributed by atoms with van der Waals surface area (Å²) in [6.07, 6.45) is 0. The van der Waals surface area contributed by atoms with Crippen LogP contribution < -0.4 is 0 Å². The molecule has 0 fully saturated rings. The second-order valence-electron chi connectivity index (χ2n) is 4.59. The molecule has 14 heavy (non-hydrogen) atoms. The molecule has 0 N–H and O–H groups in total. The lowest BCUT2D eigenvalue weighted by atomic mass is 10.1. The maximum atomic E-state index is 11.9. The van der Waals surface area contributed by atoms with Gasteiger partial charge in [-0.05, 0) is 19.8 Å². The number of rotatable bonds is 5. The highest BCUT2D eigenvalue weighted by atomic mass is 79.9. The Hall–Kier alpha value is 0.390. The van der Waals surface area contributed by atoms with Crippen LogP contribution in [0, 0.1) is 5.92 Å². The van der Waals surface area contributed by atoms with Gasteiger partial charge >= 0.3 is 0 Å². The fourth-order valence-corrected chi connectivity index (χ4v) is 3.42. The van der Waals surface area contributed by atoms with Crippen LogP contribution in [0.25, 0.3) is 0 Å². The molecule has 0 aromatic rings. The highest BCUT2D eigenvalue weighted by Gasteiger charge is 2.32. The maximum Gasteiger partial charge on any atom is 0.214 e. The molecule has 0 saturated heterocycles. The number of hydrogen-bond acceptors (Lipinski definition) is 2. The quantitative estimate of drug-likeness (QED) is 0.726. The molecule has 0 bridgehead atoms. The maximum absolute atomic E-state index is 11.9. The van der Waals surface area contributed by atoms with E-state index in [0.29, 0.717) is 5.33 Å². The van der Waals surface area contributed by atoms with E-state index >= 15 is 0 Å². The topological polar surface area (TPSA) is 37.4 Å². The minimum Gasteiger partial charge on any atom is -0.212 e. The average molecular weight is 286 g/mol. The fraction of sp³-hybridized carbons (Fsp3) is 1.00. The average Bonchev–Trinajstić information content (AvgIpc) is 2.00. The van der Waals surface area contributed by atoms with Gasteiger partial charge in [0.1, 0.15) is 0 Å². The van der Waals surface area contributed by atoms with Crippen LogP contribution in [0.15, 0.2) is 0 Å². The molecule has 0 spiro atoms. The molecule has 0 amide bonds. The normalized spacial score (nSPS) is 14.0. The largest absolute Gasteiger partial charge is 0.214 e. The van der Waals surface area contributed by atoms with Crippen molar-refractivity contribution in [3.8, 4) is 0 Å². The lowest BCUT2D eigenvalue weighted by molar-refractivity contribution is 0.298. The number of nitrogens with zero attached hydrogens (tertiary/aromatic N) is 1. The van der Waals surface area contributed by atoms with Crippen LogP contribution >= 0.6 is 15.9 Å². The number of alkyl halides is 1. The lowest BCUT2D eigenvalue weighted by Crippen LogP contribution is -2.47. The zero-order valence-electron chi connectivity index (χ0n) is 9.54. The second kappa shape index (κ2) is 4.94. The van der Waals surface area contributed by atoms with Gasteiger partial charge in [-0.25, -0.2) is 8.42 Å². The first kappa shape index (κ1) is 14.4. The molecule has 0 aliphatic heterocycles. The van der Waals surface area contributed by atoms with Crippen LogP contribution in [-0.2, 0) is 10.0 Å². The van der Waals surface area contributed by atoms with Gasteiger partial charge < -0.3 is 0 Å². The zero-order chi connectivity index (χ0) is 11.6. The van der Waals surface area contributed by atoms with Crippen LogP contribution in [0.5, 0.6) is 0 Å². The Labute approximate surface area is 96.0 Å². The van der Waals surface area contributed by atoms with E-state index < -0.39 is 10.0 Å². The summed E-state index contributed by atoms with van der Waals surface area (Å²) in [5.41, 5.74) is -0.367. The molecule has 0 saturated carbocycles. The molecular weight excluding hydrogens is 266 g/mol. The molecule has 0 aromatic carbocycles. The molecule has 0 unspecified atom stereocenters. The third-order valence-electron chi connectivity index (χ3n) is 2.14. The van der Waals surface area contributed by atoms with Gasteiger partial charge in [0.2, 0.25) is 10.0 Å². The van der Waals surface area contributed by atoms with Crippen molar-refractivity contribution in [1.29, 1.82) is 0 Å². The third-order valence-corrected chi connectivity index (χ3v) is 5.93. The Bertz CT molecular complexity index is 273. The summed E-state index contributed by atoms with van der Waals surface area (Å²) in [6, 6.07) is 0. The van der Waals surface area contributed by atoms with Crippen LogP contribution in [0.4, 0.5) is 0 Å². The summed E-state index contributed by atoms with van der Waals surface area (Å²) >= 11 is 3.32. The van der Waals surface area contributed by atoms with Crippen LogP contribution in [-0.4, -0.2) is 36.4 Å². The SMILES string of the molecule is CC(C)CS(=O)(=O)N(C)C(C)(C)CBr. The molecule has 0 heterocycles. The van der Waals surface area contributed by atoms with Gasteiger partial charge in [0.05, 0.1) is 5.75 Å². The van der Waals surface area contributed by atoms with Crippen molar-refractivity contribution in [2.75, 3.05) is 18.1 Å². The van der Waals surface area contributed by atoms with E-state index in [2.05, 4.69) is 15.9 Å². The Morgan fingerprint density at radius 2 is 1.79 bits per heavy atom. The molecule has 0 rings (SSSR count). The van der Waals surface area contributed by atoms with Crippen LogP contribution in [0.1, 0.15) is 27.7 Å². The van der Waals surface area contributed by atoms with Gasteiger partial charge in [0.15, 0.2) is 0 Å². The Kier molecular flexibility index (Phi) is 5.08. The first-order valence-electron chi connectivity index (χ1n) is 4.66. The van der Waals surface area contributed by atoms with Crippen molar-refractivity contribution in [1.82, 2.24) is 4.31 Å². The molecule has 5 heteroatoms. The third kappa shape index (κ3) is 3.87. The minimum absolute atomic E-state index is 0.161. The van der Waals surface area contributed by atoms with E-state index in [1.807, 2.05) is 27.7 Å². The molecule has 0 aromatic heterocycles. The number of hydrogen-bond donors (Lipinski definition) is 0. The van der Waals surface area contributed by atoms with Crippen LogP contribution in [0.2, 0.25) is 0 Å². The summed E-state index contributed by atoms with van der Waals surface area (Å²) in [6.45, 7) is 7.62. The molecule has 0 aliphatic carbocycles. The molecule has 0 aliphatic rings. The first-order valence-corrected chi connectivity index (χ1v) is 7.39. The van der Waals surface area contributed by atoms with E-state index in [1.54, 1.807) is 7.05 Å². The van der Waals surface area contributed by atoms with E-state index in [0.717, 1.165) is 0 Å². The van der Waals surface area contributed by atoms with Crippen molar-refractivity contribution in [2.45, 2.75) is 33.2 Å². The number of halogens is 1. The van der Waals surface area contributed by atoms with Gasteiger partial charge in [-0.1, -0.05) is 29.8 Å².